The molecule has 0 saturated heterocycles. The molecule has 4 heterocycles. The fourth-order valence-electron chi connectivity index (χ4n) is 6.48. The number of carboxylic acids is 1. The largest absolute Gasteiger partial charge is 0.481 e. The van der Waals surface area contributed by atoms with E-state index >= 15 is 0 Å². The molecule has 0 spiro atoms. The smallest absolute Gasteiger partial charge is 0.308 e. The average Bonchev–Trinajstić information content (AvgIpc) is 3.29. The van der Waals surface area contributed by atoms with Crippen molar-refractivity contribution in [1.29, 1.82) is 0 Å². The van der Waals surface area contributed by atoms with Gasteiger partial charge in [-0.3, -0.25) is 9.78 Å². The standard InChI is InChI=1S/C23H21ClN5O2P/c24-9-5-15-16(8-32-22(15)26-7-9)21-28-19-12(3-4-25-19)20(29-21)27-18-11-2-1-10(13-6-14(11)13)17(18)23(30)31/h3-5,7-8,10-11,13-14,17-18,32H,1-2,6H2,(H,30,31)(H2,25,27,28,29)/t10-,11+,13-,14+,17-,18-/m0/s1. The number of carbonyl (C=O) groups is 1. The fourth-order valence-corrected chi connectivity index (χ4v) is 7.71. The van der Waals surface area contributed by atoms with Crippen LogP contribution in [-0.4, -0.2) is 37.1 Å². The molecule has 0 amide bonds. The summed E-state index contributed by atoms with van der Waals surface area (Å²) in [7, 11) is 0.445. The number of aliphatic carboxylic acids is 1. The first-order chi connectivity index (χ1) is 15.6. The van der Waals surface area contributed by atoms with E-state index in [9.17, 15) is 9.90 Å². The van der Waals surface area contributed by atoms with Crippen molar-refractivity contribution >= 4 is 53.2 Å². The summed E-state index contributed by atoms with van der Waals surface area (Å²) in [6, 6.07) is 3.77. The van der Waals surface area contributed by atoms with Gasteiger partial charge in [0.05, 0.1) is 21.6 Å². The molecule has 0 radical (unpaired) electrons. The summed E-state index contributed by atoms with van der Waals surface area (Å²) in [5, 5.41) is 17.1. The van der Waals surface area contributed by atoms with E-state index in [1.165, 1.54) is 6.42 Å². The summed E-state index contributed by atoms with van der Waals surface area (Å²) < 4.78 is 0. The SMILES string of the molecule is O=C(O)[C@H]1[C@H]2CC[C@H]([C@H]3C[C@H]32)[C@@H]1Nc1nc(-c2c[pH]c3ncc(Cl)cc23)nc2[nH]ccc12. The van der Waals surface area contributed by atoms with E-state index in [1.807, 2.05) is 18.3 Å². The molecule has 4 aliphatic carbocycles. The molecule has 7 atom stereocenters. The van der Waals surface area contributed by atoms with Gasteiger partial charge in [0, 0.05) is 29.4 Å². The summed E-state index contributed by atoms with van der Waals surface area (Å²) in [5.41, 5.74) is 1.66. The van der Waals surface area contributed by atoms with E-state index in [1.54, 1.807) is 6.20 Å². The molecule has 4 aliphatic rings. The van der Waals surface area contributed by atoms with Crippen molar-refractivity contribution in [2.24, 2.45) is 29.6 Å². The van der Waals surface area contributed by atoms with Gasteiger partial charge < -0.3 is 15.4 Å². The Morgan fingerprint density at radius 3 is 2.91 bits per heavy atom. The maximum absolute atomic E-state index is 12.3. The average molecular weight is 466 g/mol. The lowest BCUT2D eigenvalue weighted by atomic mass is 9.61. The Balaban J connectivity index is 1.34. The third-order valence-corrected chi connectivity index (χ3v) is 9.19. The highest BCUT2D eigenvalue weighted by Gasteiger charge is 2.63. The molecule has 32 heavy (non-hydrogen) atoms. The fraction of sp³-hybridized carbons (Fsp3) is 0.391. The monoisotopic (exact) mass is 465 g/mol. The van der Waals surface area contributed by atoms with E-state index in [0.29, 0.717) is 42.6 Å². The summed E-state index contributed by atoms with van der Waals surface area (Å²) in [6.07, 6.45) is 6.84. The Morgan fingerprint density at radius 1 is 1.19 bits per heavy atom. The first-order valence-electron chi connectivity index (χ1n) is 11.1. The van der Waals surface area contributed by atoms with Crippen LogP contribution in [-0.2, 0) is 4.79 Å². The van der Waals surface area contributed by atoms with Gasteiger partial charge in [-0.1, -0.05) is 11.6 Å². The molecule has 3 N–H and O–H groups in total. The first kappa shape index (κ1) is 18.9. The lowest BCUT2D eigenvalue weighted by Crippen LogP contribution is -2.52. The number of aromatic nitrogens is 4. The van der Waals surface area contributed by atoms with Gasteiger partial charge in [0.25, 0.3) is 0 Å². The number of anilines is 1. The number of hydrogen-bond donors (Lipinski definition) is 3. The number of carboxylic acid groups (broad SMARTS) is 1. The molecule has 4 saturated carbocycles. The van der Waals surface area contributed by atoms with E-state index in [-0.39, 0.29) is 17.9 Å². The summed E-state index contributed by atoms with van der Waals surface area (Å²) in [4.78, 5) is 29.6. The summed E-state index contributed by atoms with van der Waals surface area (Å²) in [6.45, 7) is 0. The van der Waals surface area contributed by atoms with Gasteiger partial charge in [0.1, 0.15) is 11.5 Å². The topological polar surface area (TPSA) is 104 Å². The van der Waals surface area contributed by atoms with Gasteiger partial charge in [-0.2, -0.15) is 0 Å². The molecule has 162 valence electrons. The zero-order valence-corrected chi connectivity index (χ0v) is 18.8. The molecule has 0 aliphatic heterocycles. The van der Waals surface area contributed by atoms with E-state index < -0.39 is 5.97 Å². The van der Waals surface area contributed by atoms with Crippen LogP contribution in [0, 0.1) is 29.6 Å². The number of rotatable bonds is 4. The van der Waals surface area contributed by atoms with Crippen LogP contribution in [0.4, 0.5) is 5.82 Å². The quantitative estimate of drug-likeness (QED) is 0.391. The third-order valence-electron chi connectivity index (χ3n) is 7.88. The molecule has 8 rings (SSSR count). The van der Waals surface area contributed by atoms with Crippen LogP contribution in [0.5, 0.6) is 0 Å². The van der Waals surface area contributed by atoms with Gasteiger partial charge in [-0.15, -0.1) is 8.19 Å². The Kier molecular flexibility index (Phi) is 3.95. The van der Waals surface area contributed by atoms with Crippen molar-refractivity contribution in [3.8, 4) is 11.4 Å². The maximum Gasteiger partial charge on any atom is 0.308 e. The molecule has 4 fully saturated rings. The van der Waals surface area contributed by atoms with Gasteiger partial charge in [0.15, 0.2) is 5.82 Å². The van der Waals surface area contributed by atoms with Gasteiger partial charge in [-0.05, 0) is 60.9 Å². The van der Waals surface area contributed by atoms with Crippen LogP contribution < -0.4 is 5.32 Å². The number of pyridine rings is 1. The molecule has 0 aromatic carbocycles. The van der Waals surface area contributed by atoms with E-state index in [0.717, 1.165) is 40.1 Å². The van der Waals surface area contributed by atoms with Crippen molar-refractivity contribution < 1.29 is 9.90 Å². The zero-order valence-electron chi connectivity index (χ0n) is 17.0. The third kappa shape index (κ3) is 2.67. The Labute approximate surface area is 190 Å². The highest BCUT2D eigenvalue weighted by Crippen LogP contribution is 2.64. The Morgan fingerprint density at radius 2 is 2.03 bits per heavy atom. The number of aromatic amines is 1. The van der Waals surface area contributed by atoms with Gasteiger partial charge >= 0.3 is 5.97 Å². The number of fused-ring (bicyclic) bond motifs is 4. The van der Waals surface area contributed by atoms with Crippen molar-refractivity contribution in [1.82, 2.24) is 19.9 Å². The maximum atomic E-state index is 12.3. The number of hydrogen-bond acceptors (Lipinski definition) is 5. The molecule has 2 bridgehead atoms. The predicted octanol–water partition coefficient (Wildman–Crippen LogP) is 5.02. The van der Waals surface area contributed by atoms with Crippen molar-refractivity contribution in [3.63, 3.8) is 0 Å². The molecular weight excluding hydrogens is 445 g/mol. The highest BCUT2D eigenvalue weighted by molar-refractivity contribution is 7.36. The Hall–Kier alpha value is -2.63. The lowest BCUT2D eigenvalue weighted by Gasteiger charge is -2.46. The van der Waals surface area contributed by atoms with E-state index in [4.69, 9.17) is 21.6 Å². The second kappa shape index (κ2) is 6.69. The van der Waals surface area contributed by atoms with Crippen molar-refractivity contribution in [3.05, 3.63) is 35.3 Å². The number of H-pyrrole nitrogens is 1. The van der Waals surface area contributed by atoms with Crippen molar-refractivity contribution in [2.75, 3.05) is 5.32 Å². The van der Waals surface area contributed by atoms with Crippen LogP contribution in [0.2, 0.25) is 5.02 Å². The minimum Gasteiger partial charge on any atom is -0.481 e. The minimum absolute atomic E-state index is 0.0984. The normalized spacial score (nSPS) is 30.8. The van der Waals surface area contributed by atoms with Crippen molar-refractivity contribution in [2.45, 2.75) is 25.3 Å². The molecule has 7 nitrogen and oxygen atoms in total. The number of nitrogens with zero attached hydrogens (tertiary/aromatic N) is 3. The van der Waals surface area contributed by atoms with Crippen LogP contribution in [0.3, 0.4) is 0 Å². The highest BCUT2D eigenvalue weighted by atomic mass is 35.5. The molecular formula is C23H21ClN5O2P. The van der Waals surface area contributed by atoms with Gasteiger partial charge in [-0.25, -0.2) is 9.97 Å². The second-order valence-electron chi connectivity index (χ2n) is 9.39. The van der Waals surface area contributed by atoms with Crippen LogP contribution in [0.15, 0.2) is 30.3 Å². The molecule has 4 aromatic rings. The zero-order chi connectivity index (χ0) is 21.6. The lowest BCUT2D eigenvalue weighted by molar-refractivity contribution is -0.148. The Bertz CT molecular complexity index is 1400. The van der Waals surface area contributed by atoms with Crippen LogP contribution in [0.1, 0.15) is 19.3 Å². The van der Waals surface area contributed by atoms with Crippen LogP contribution >= 0.6 is 19.8 Å². The van der Waals surface area contributed by atoms with E-state index in [2.05, 4.69) is 21.1 Å². The van der Waals surface area contributed by atoms with Gasteiger partial charge in [0.2, 0.25) is 0 Å². The predicted molar refractivity (Wildman–Crippen MR) is 125 cm³/mol. The minimum atomic E-state index is -0.684. The van der Waals surface area contributed by atoms with Crippen LogP contribution in [0.25, 0.3) is 33.1 Å². The summed E-state index contributed by atoms with van der Waals surface area (Å²) in [5.74, 6) is 4.34. The number of halogens is 1. The molecule has 9 heteroatoms. The second-order valence-corrected chi connectivity index (χ2v) is 10.9. The summed E-state index contributed by atoms with van der Waals surface area (Å²) >= 11 is 6.21. The molecule has 4 aromatic heterocycles. The first-order valence-corrected chi connectivity index (χ1v) is 12.5. The number of nitrogens with one attached hydrogen (secondary N) is 2. The molecule has 1 unspecified atom stereocenters.